The number of ether oxygens (including phenoxy) is 1. The van der Waals surface area contributed by atoms with Crippen molar-refractivity contribution in [2.75, 3.05) is 37.7 Å². The summed E-state index contributed by atoms with van der Waals surface area (Å²) >= 11 is 0. The molecule has 2 aliphatic rings. The van der Waals surface area contributed by atoms with E-state index in [2.05, 4.69) is 19.9 Å². The number of pyridine rings is 1. The molecule has 4 heterocycles. The van der Waals surface area contributed by atoms with E-state index in [4.69, 9.17) is 4.74 Å². The smallest absolute Gasteiger partial charge is 0.259 e. The molecule has 7 nitrogen and oxygen atoms in total. The molecule has 1 aromatic carbocycles. The molecule has 2 saturated heterocycles. The zero-order valence-electron chi connectivity index (χ0n) is 17.0. The summed E-state index contributed by atoms with van der Waals surface area (Å²) in [5.41, 5.74) is 1.13. The Morgan fingerprint density at radius 2 is 1.81 bits per heavy atom. The van der Waals surface area contributed by atoms with Crippen LogP contribution in [0.1, 0.15) is 17.3 Å². The second-order valence-electron chi connectivity index (χ2n) is 7.91. The van der Waals surface area contributed by atoms with Gasteiger partial charge in [0, 0.05) is 56.3 Å². The van der Waals surface area contributed by atoms with E-state index in [1.54, 1.807) is 24.5 Å². The average molecular weight is 425 g/mol. The predicted octanol–water partition coefficient (Wildman–Crippen LogP) is 2.91. The lowest BCUT2D eigenvalue weighted by atomic mass is 10.0. The normalized spacial score (nSPS) is 20.4. The monoisotopic (exact) mass is 425 g/mol. The standard InChI is InChI=1S/C22H21F2N5O2/c1-2-31-21-15(4-3-5-25-21)22(30)29-11-13-9-28(10-14(13)12-29)20-8-26-18-6-16(23)17(24)7-19(18)27-20/h3-8,13-14H,2,9-12H2,1H3. The molecule has 31 heavy (non-hydrogen) atoms. The first-order valence-corrected chi connectivity index (χ1v) is 10.3. The van der Waals surface area contributed by atoms with Gasteiger partial charge in [-0.3, -0.25) is 9.78 Å². The number of fused-ring (bicyclic) bond motifs is 2. The van der Waals surface area contributed by atoms with Crippen molar-refractivity contribution in [1.29, 1.82) is 0 Å². The van der Waals surface area contributed by atoms with Crippen LogP contribution in [0.2, 0.25) is 0 Å². The van der Waals surface area contributed by atoms with Crippen molar-refractivity contribution in [3.05, 3.63) is 53.9 Å². The number of hydrogen-bond acceptors (Lipinski definition) is 6. The van der Waals surface area contributed by atoms with E-state index in [0.29, 0.717) is 59.8 Å². The first-order chi connectivity index (χ1) is 15.0. The maximum absolute atomic E-state index is 13.6. The molecule has 0 bridgehead atoms. The van der Waals surface area contributed by atoms with Crippen molar-refractivity contribution in [1.82, 2.24) is 19.9 Å². The summed E-state index contributed by atoms with van der Waals surface area (Å²) in [6.45, 7) is 5.04. The Kier molecular flexibility index (Phi) is 4.88. The van der Waals surface area contributed by atoms with Crippen molar-refractivity contribution >= 4 is 22.8 Å². The fraction of sp³-hybridized carbons (Fsp3) is 0.364. The van der Waals surface area contributed by atoms with Crippen LogP contribution in [0.15, 0.2) is 36.7 Å². The van der Waals surface area contributed by atoms with Gasteiger partial charge in [0.15, 0.2) is 11.6 Å². The van der Waals surface area contributed by atoms with E-state index in [1.807, 2.05) is 11.8 Å². The lowest BCUT2D eigenvalue weighted by molar-refractivity contribution is 0.0777. The highest BCUT2D eigenvalue weighted by Crippen LogP contribution is 2.35. The summed E-state index contributed by atoms with van der Waals surface area (Å²) in [4.78, 5) is 29.9. The highest BCUT2D eigenvalue weighted by molar-refractivity contribution is 5.96. The van der Waals surface area contributed by atoms with Crippen LogP contribution in [0.3, 0.4) is 0 Å². The quantitative estimate of drug-likeness (QED) is 0.640. The molecule has 0 N–H and O–H groups in total. The SMILES string of the molecule is CCOc1ncccc1C(=O)N1CC2CN(c3cnc4cc(F)c(F)cc4n3)CC2C1. The van der Waals surface area contributed by atoms with Crippen LogP contribution < -0.4 is 9.64 Å². The average Bonchev–Trinajstić information content (AvgIpc) is 3.34. The molecule has 2 aromatic heterocycles. The molecule has 3 aromatic rings. The summed E-state index contributed by atoms with van der Waals surface area (Å²) in [5.74, 6) is -0.331. The van der Waals surface area contributed by atoms with Crippen LogP contribution >= 0.6 is 0 Å². The van der Waals surface area contributed by atoms with Gasteiger partial charge in [-0.25, -0.2) is 18.7 Å². The van der Waals surface area contributed by atoms with Gasteiger partial charge in [0.1, 0.15) is 11.4 Å². The Labute approximate surface area is 177 Å². The molecule has 160 valence electrons. The lowest BCUT2D eigenvalue weighted by Gasteiger charge is -2.23. The molecule has 0 aliphatic carbocycles. The second-order valence-corrected chi connectivity index (χ2v) is 7.91. The van der Waals surface area contributed by atoms with Gasteiger partial charge in [-0.1, -0.05) is 0 Å². The molecule has 0 spiro atoms. The van der Waals surface area contributed by atoms with Gasteiger partial charge >= 0.3 is 0 Å². The Morgan fingerprint density at radius 3 is 2.52 bits per heavy atom. The number of hydrogen-bond donors (Lipinski definition) is 0. The number of likely N-dealkylation sites (tertiary alicyclic amines) is 1. The van der Waals surface area contributed by atoms with Crippen molar-refractivity contribution < 1.29 is 18.3 Å². The van der Waals surface area contributed by atoms with Crippen LogP contribution in [-0.4, -0.2) is 58.5 Å². The van der Waals surface area contributed by atoms with Gasteiger partial charge < -0.3 is 14.5 Å². The van der Waals surface area contributed by atoms with Gasteiger partial charge in [-0.05, 0) is 19.1 Å². The van der Waals surface area contributed by atoms with Crippen LogP contribution in [0, 0.1) is 23.5 Å². The fourth-order valence-corrected chi connectivity index (χ4v) is 4.47. The summed E-state index contributed by atoms with van der Waals surface area (Å²) in [5, 5.41) is 0. The number of carbonyl (C=O) groups is 1. The van der Waals surface area contributed by atoms with E-state index in [-0.39, 0.29) is 5.91 Å². The minimum atomic E-state index is -0.937. The number of halogens is 2. The third-order valence-corrected chi connectivity index (χ3v) is 5.95. The molecule has 1 amide bonds. The minimum absolute atomic E-state index is 0.0690. The second kappa shape index (κ2) is 7.72. The van der Waals surface area contributed by atoms with Crippen molar-refractivity contribution in [2.45, 2.75) is 6.92 Å². The Bertz CT molecular complexity index is 1140. The van der Waals surface area contributed by atoms with E-state index < -0.39 is 11.6 Å². The van der Waals surface area contributed by atoms with E-state index >= 15 is 0 Å². The van der Waals surface area contributed by atoms with Gasteiger partial charge in [0.05, 0.1) is 23.8 Å². The number of nitrogens with zero attached hydrogens (tertiary/aromatic N) is 5. The summed E-state index contributed by atoms with van der Waals surface area (Å²) in [6.07, 6.45) is 3.21. The van der Waals surface area contributed by atoms with Crippen molar-refractivity contribution in [3.8, 4) is 5.88 Å². The van der Waals surface area contributed by atoms with Crippen molar-refractivity contribution in [2.24, 2.45) is 11.8 Å². The van der Waals surface area contributed by atoms with E-state index in [0.717, 1.165) is 25.2 Å². The number of anilines is 1. The van der Waals surface area contributed by atoms with Crippen LogP contribution in [0.25, 0.3) is 11.0 Å². The fourth-order valence-electron chi connectivity index (χ4n) is 4.47. The molecular weight excluding hydrogens is 404 g/mol. The number of rotatable bonds is 4. The molecule has 0 saturated carbocycles. The highest BCUT2D eigenvalue weighted by Gasteiger charge is 2.42. The van der Waals surface area contributed by atoms with E-state index in [1.165, 1.54) is 0 Å². The number of aromatic nitrogens is 3. The first-order valence-electron chi connectivity index (χ1n) is 10.3. The first kappa shape index (κ1) is 19.6. The van der Waals surface area contributed by atoms with Gasteiger partial charge in [0.2, 0.25) is 5.88 Å². The summed E-state index contributed by atoms with van der Waals surface area (Å²) in [6, 6.07) is 5.61. The minimum Gasteiger partial charge on any atom is -0.477 e. The van der Waals surface area contributed by atoms with Crippen LogP contribution in [0.4, 0.5) is 14.6 Å². The molecule has 5 rings (SSSR count). The zero-order valence-corrected chi connectivity index (χ0v) is 17.0. The molecule has 0 radical (unpaired) electrons. The molecule has 2 fully saturated rings. The Hall–Kier alpha value is -3.36. The third-order valence-electron chi connectivity index (χ3n) is 5.95. The summed E-state index contributed by atoms with van der Waals surface area (Å²) < 4.78 is 32.5. The van der Waals surface area contributed by atoms with E-state index in [9.17, 15) is 13.6 Å². The number of benzene rings is 1. The maximum Gasteiger partial charge on any atom is 0.259 e. The largest absolute Gasteiger partial charge is 0.477 e. The van der Waals surface area contributed by atoms with Crippen LogP contribution in [-0.2, 0) is 0 Å². The topological polar surface area (TPSA) is 71.5 Å². The maximum atomic E-state index is 13.6. The van der Waals surface area contributed by atoms with Gasteiger partial charge in [0.25, 0.3) is 5.91 Å². The number of amides is 1. The third kappa shape index (κ3) is 3.54. The van der Waals surface area contributed by atoms with Crippen molar-refractivity contribution in [3.63, 3.8) is 0 Å². The van der Waals surface area contributed by atoms with Crippen LogP contribution in [0.5, 0.6) is 5.88 Å². The Morgan fingerprint density at radius 1 is 1.10 bits per heavy atom. The Balaban J connectivity index is 1.30. The van der Waals surface area contributed by atoms with Gasteiger partial charge in [-0.15, -0.1) is 0 Å². The molecule has 2 unspecified atom stereocenters. The number of carbonyl (C=O) groups excluding carboxylic acids is 1. The lowest BCUT2D eigenvalue weighted by Crippen LogP contribution is -2.33. The zero-order chi connectivity index (χ0) is 21.5. The molecular formula is C22H21F2N5O2. The summed E-state index contributed by atoms with van der Waals surface area (Å²) in [7, 11) is 0. The van der Waals surface area contributed by atoms with Gasteiger partial charge in [-0.2, -0.15) is 0 Å². The molecule has 9 heteroatoms. The molecule has 2 aliphatic heterocycles. The highest BCUT2D eigenvalue weighted by atomic mass is 19.2. The molecule has 2 atom stereocenters. The predicted molar refractivity (Wildman–Crippen MR) is 110 cm³/mol.